The molecular weight excluding hydrogens is 348 g/mol. The Kier molecular flexibility index (Phi) is 4.88. The number of likely N-dealkylation sites (tertiary alicyclic amines) is 1. The highest BCUT2D eigenvalue weighted by Gasteiger charge is 2.35. The lowest BCUT2D eigenvalue weighted by molar-refractivity contribution is -0.135. The standard InChI is InChI=1S/C20H26N2O3S/c23-20(21-11-3-4-12-21)17-9-13-22(14-10-17)26(24,25)19-8-7-16-5-1-2-6-18(16)15-19/h1-2,5-6,15,17H,3-4,7-14H2. The molecule has 2 fully saturated rings. The van der Waals surface area contributed by atoms with Gasteiger partial charge >= 0.3 is 0 Å². The summed E-state index contributed by atoms with van der Waals surface area (Å²) in [7, 11) is -3.43. The van der Waals surface area contributed by atoms with Crippen LogP contribution in [0.4, 0.5) is 0 Å². The van der Waals surface area contributed by atoms with Gasteiger partial charge in [-0.1, -0.05) is 24.3 Å². The second-order valence-electron chi connectivity index (χ2n) is 7.52. The van der Waals surface area contributed by atoms with E-state index in [9.17, 15) is 13.2 Å². The number of fused-ring (bicyclic) bond motifs is 1. The Morgan fingerprint density at radius 1 is 0.962 bits per heavy atom. The molecule has 6 heteroatoms. The molecule has 0 spiro atoms. The van der Waals surface area contributed by atoms with Crippen molar-refractivity contribution in [3.63, 3.8) is 0 Å². The first-order valence-corrected chi connectivity index (χ1v) is 11.1. The molecule has 1 amide bonds. The van der Waals surface area contributed by atoms with Crippen molar-refractivity contribution in [1.29, 1.82) is 0 Å². The summed E-state index contributed by atoms with van der Waals surface area (Å²) >= 11 is 0. The van der Waals surface area contributed by atoms with Gasteiger partial charge in [0.15, 0.2) is 0 Å². The van der Waals surface area contributed by atoms with Crippen LogP contribution in [0, 0.1) is 5.92 Å². The third-order valence-corrected chi connectivity index (χ3v) is 7.93. The van der Waals surface area contributed by atoms with E-state index in [1.165, 1.54) is 5.56 Å². The monoisotopic (exact) mass is 374 g/mol. The number of benzene rings is 1. The first-order chi connectivity index (χ1) is 12.6. The molecule has 0 aromatic heterocycles. The molecule has 5 nitrogen and oxygen atoms in total. The van der Waals surface area contributed by atoms with Crippen LogP contribution in [0.15, 0.2) is 29.2 Å². The summed E-state index contributed by atoms with van der Waals surface area (Å²) < 4.78 is 27.7. The number of rotatable bonds is 3. The average Bonchev–Trinajstić information content (AvgIpc) is 3.22. The van der Waals surface area contributed by atoms with E-state index in [2.05, 4.69) is 6.07 Å². The van der Waals surface area contributed by atoms with E-state index in [4.69, 9.17) is 0 Å². The second kappa shape index (κ2) is 7.16. The molecule has 0 radical (unpaired) electrons. The average molecular weight is 375 g/mol. The van der Waals surface area contributed by atoms with Crippen molar-refractivity contribution in [2.45, 2.75) is 38.5 Å². The molecule has 1 aromatic carbocycles. The van der Waals surface area contributed by atoms with Gasteiger partial charge in [-0.3, -0.25) is 4.79 Å². The molecule has 0 saturated carbocycles. The minimum atomic E-state index is -3.43. The molecular formula is C20H26N2O3S. The molecule has 0 N–H and O–H groups in total. The number of carbonyl (C=O) groups excluding carboxylic acids is 1. The lowest BCUT2D eigenvalue weighted by Crippen LogP contribution is -2.44. The van der Waals surface area contributed by atoms with Crippen LogP contribution in [0.3, 0.4) is 0 Å². The van der Waals surface area contributed by atoms with E-state index in [0.29, 0.717) is 37.3 Å². The van der Waals surface area contributed by atoms with E-state index in [-0.39, 0.29) is 11.8 Å². The van der Waals surface area contributed by atoms with E-state index in [1.807, 2.05) is 29.2 Å². The molecule has 26 heavy (non-hydrogen) atoms. The predicted octanol–water partition coefficient (Wildman–Crippen LogP) is 2.64. The fraction of sp³-hybridized carbons (Fsp3) is 0.550. The highest BCUT2D eigenvalue weighted by atomic mass is 32.2. The van der Waals surface area contributed by atoms with Crippen molar-refractivity contribution < 1.29 is 13.2 Å². The molecule has 3 aliphatic rings. The Bertz CT molecular complexity index is 817. The minimum Gasteiger partial charge on any atom is -0.342 e. The number of hydrogen-bond acceptors (Lipinski definition) is 3. The molecule has 1 aliphatic carbocycles. The van der Waals surface area contributed by atoms with Crippen molar-refractivity contribution in [3.05, 3.63) is 40.3 Å². The van der Waals surface area contributed by atoms with E-state index >= 15 is 0 Å². The summed E-state index contributed by atoms with van der Waals surface area (Å²) in [5.41, 5.74) is 2.22. The summed E-state index contributed by atoms with van der Waals surface area (Å²) in [6, 6.07) is 7.98. The molecule has 2 saturated heterocycles. The summed E-state index contributed by atoms with van der Waals surface area (Å²) in [5, 5.41) is 0. The van der Waals surface area contributed by atoms with Gasteiger partial charge in [-0.2, -0.15) is 4.31 Å². The maximum atomic E-state index is 13.0. The van der Waals surface area contributed by atoms with Crippen LogP contribution in [-0.4, -0.2) is 49.7 Å². The smallest absolute Gasteiger partial charge is 0.239 e. The molecule has 0 bridgehead atoms. The molecule has 140 valence electrons. The third kappa shape index (κ3) is 3.32. The predicted molar refractivity (Wildman–Crippen MR) is 102 cm³/mol. The van der Waals surface area contributed by atoms with Gasteiger partial charge in [0, 0.05) is 32.1 Å². The van der Waals surface area contributed by atoms with Gasteiger partial charge in [0.1, 0.15) is 0 Å². The Balaban J connectivity index is 1.44. The van der Waals surface area contributed by atoms with Gasteiger partial charge in [0.2, 0.25) is 15.9 Å². The lowest BCUT2D eigenvalue weighted by Gasteiger charge is -2.33. The van der Waals surface area contributed by atoms with Gasteiger partial charge in [-0.15, -0.1) is 0 Å². The number of piperidine rings is 1. The van der Waals surface area contributed by atoms with Crippen molar-refractivity contribution in [2.24, 2.45) is 5.92 Å². The van der Waals surface area contributed by atoms with Crippen LogP contribution >= 0.6 is 0 Å². The van der Waals surface area contributed by atoms with Crippen LogP contribution in [0.25, 0.3) is 6.08 Å². The number of allylic oxidation sites excluding steroid dienone is 1. The largest absolute Gasteiger partial charge is 0.342 e. The molecule has 2 aliphatic heterocycles. The number of aryl methyl sites for hydroxylation is 1. The van der Waals surface area contributed by atoms with Crippen LogP contribution in [0.5, 0.6) is 0 Å². The Morgan fingerprint density at radius 3 is 2.38 bits per heavy atom. The first-order valence-electron chi connectivity index (χ1n) is 9.63. The van der Waals surface area contributed by atoms with Gasteiger partial charge < -0.3 is 4.90 Å². The summed E-state index contributed by atoms with van der Waals surface area (Å²) in [4.78, 5) is 15.0. The Labute approximate surface area is 155 Å². The van der Waals surface area contributed by atoms with Crippen molar-refractivity contribution in [1.82, 2.24) is 9.21 Å². The Hall–Kier alpha value is -1.66. The fourth-order valence-electron chi connectivity index (χ4n) is 4.31. The van der Waals surface area contributed by atoms with Gasteiger partial charge in [0.25, 0.3) is 0 Å². The highest BCUT2D eigenvalue weighted by Crippen LogP contribution is 2.31. The number of nitrogens with zero attached hydrogens (tertiary/aromatic N) is 2. The molecule has 4 rings (SSSR count). The molecule has 1 aromatic rings. The molecule has 0 atom stereocenters. The summed E-state index contributed by atoms with van der Waals surface area (Å²) in [6.45, 7) is 2.63. The topological polar surface area (TPSA) is 57.7 Å². The number of sulfonamides is 1. The van der Waals surface area contributed by atoms with Crippen molar-refractivity contribution in [3.8, 4) is 0 Å². The van der Waals surface area contributed by atoms with Crippen LogP contribution < -0.4 is 0 Å². The van der Waals surface area contributed by atoms with Gasteiger partial charge in [0.05, 0.1) is 4.91 Å². The van der Waals surface area contributed by atoms with Crippen molar-refractivity contribution in [2.75, 3.05) is 26.2 Å². The van der Waals surface area contributed by atoms with Gasteiger partial charge in [-0.25, -0.2) is 8.42 Å². The molecule has 0 unspecified atom stereocenters. The fourth-order valence-corrected chi connectivity index (χ4v) is 5.97. The SMILES string of the molecule is O=C(C1CCN(S(=O)(=O)C2=Cc3ccccc3CC2)CC1)N1CCCC1. The number of amides is 1. The normalized spacial score (nSPS) is 22.2. The maximum absolute atomic E-state index is 13.0. The third-order valence-electron chi connectivity index (χ3n) is 5.90. The van der Waals surface area contributed by atoms with Crippen LogP contribution in [0.2, 0.25) is 0 Å². The zero-order valence-electron chi connectivity index (χ0n) is 15.1. The first kappa shape index (κ1) is 17.7. The van der Waals surface area contributed by atoms with Crippen LogP contribution in [0.1, 0.15) is 43.2 Å². The number of hydrogen-bond donors (Lipinski definition) is 0. The van der Waals surface area contributed by atoms with Gasteiger partial charge in [-0.05, 0) is 55.7 Å². The molecule has 2 heterocycles. The minimum absolute atomic E-state index is 0.0133. The summed E-state index contributed by atoms with van der Waals surface area (Å²) in [5.74, 6) is 0.214. The van der Waals surface area contributed by atoms with E-state index in [1.54, 1.807) is 4.31 Å². The lowest BCUT2D eigenvalue weighted by atomic mass is 9.97. The van der Waals surface area contributed by atoms with E-state index < -0.39 is 10.0 Å². The van der Waals surface area contributed by atoms with Crippen LogP contribution in [-0.2, 0) is 21.2 Å². The number of carbonyl (C=O) groups is 1. The zero-order valence-corrected chi connectivity index (χ0v) is 15.9. The quantitative estimate of drug-likeness (QED) is 0.817. The van der Waals surface area contributed by atoms with E-state index in [0.717, 1.165) is 37.9 Å². The Morgan fingerprint density at radius 2 is 1.65 bits per heavy atom. The maximum Gasteiger partial charge on any atom is 0.239 e. The van der Waals surface area contributed by atoms with Crippen molar-refractivity contribution >= 4 is 22.0 Å². The highest BCUT2D eigenvalue weighted by molar-refractivity contribution is 7.93. The second-order valence-corrected chi connectivity index (χ2v) is 9.51. The summed E-state index contributed by atoms with van der Waals surface area (Å²) in [6.07, 6.45) is 6.62. The zero-order chi connectivity index (χ0) is 18.1.